The molecule has 0 aliphatic carbocycles. The van der Waals surface area contributed by atoms with Crippen molar-refractivity contribution in [3.8, 4) is 0 Å². The molecule has 0 heterocycles. The average Bonchev–Trinajstić information content (AvgIpc) is 2.49. The van der Waals surface area contributed by atoms with E-state index in [0.29, 0.717) is 10.6 Å². The fourth-order valence-corrected chi connectivity index (χ4v) is 1.60. The summed E-state index contributed by atoms with van der Waals surface area (Å²) in [7, 11) is 1.18. The van der Waals surface area contributed by atoms with Gasteiger partial charge in [0, 0.05) is 16.0 Å². The van der Waals surface area contributed by atoms with E-state index >= 15 is 0 Å². The number of carbonyl (C=O) groups is 3. The van der Waals surface area contributed by atoms with Crippen LogP contribution in [0.2, 0.25) is 5.02 Å². The number of methoxy groups -OCH3 is 1. The molecule has 0 unspecified atom stereocenters. The van der Waals surface area contributed by atoms with Crippen LogP contribution < -0.4 is 5.43 Å². The Bertz CT molecular complexity index is 630. The highest BCUT2D eigenvalue weighted by molar-refractivity contribution is 6.40. The van der Waals surface area contributed by atoms with Gasteiger partial charge in [-0.1, -0.05) is 32.4 Å². The number of rotatable bonds is 5. The van der Waals surface area contributed by atoms with Crippen LogP contribution in [0.5, 0.6) is 0 Å². The molecular weight excluding hydrogens is 320 g/mol. The highest BCUT2D eigenvalue weighted by Crippen LogP contribution is 2.17. The van der Waals surface area contributed by atoms with Crippen molar-refractivity contribution in [2.45, 2.75) is 27.2 Å². The number of Topliss-reactive ketones (excluding diaryl/α,β-unsaturated/α-hetero) is 1. The Labute approximate surface area is 139 Å². The van der Waals surface area contributed by atoms with E-state index in [2.05, 4.69) is 15.3 Å². The van der Waals surface area contributed by atoms with E-state index in [0.717, 1.165) is 0 Å². The monoisotopic (exact) mass is 338 g/mol. The molecule has 124 valence electrons. The standard InChI is InChI=1S/C16H19ClN2O4/c1-16(2,3)13(20)9-12(15(22)23-4)18-19-14(21)10-5-7-11(17)8-6-10/h5-8H,9H2,1-4H3,(H,19,21)/b18-12+. The van der Waals surface area contributed by atoms with Crippen molar-refractivity contribution in [1.82, 2.24) is 5.43 Å². The Morgan fingerprint density at radius 2 is 1.74 bits per heavy atom. The summed E-state index contributed by atoms with van der Waals surface area (Å²) >= 11 is 5.75. The third-order valence-electron chi connectivity index (χ3n) is 2.98. The van der Waals surface area contributed by atoms with Crippen LogP contribution in [0.15, 0.2) is 29.4 Å². The minimum atomic E-state index is -0.765. The molecule has 0 fully saturated rings. The molecule has 1 N–H and O–H groups in total. The van der Waals surface area contributed by atoms with E-state index in [1.807, 2.05) is 0 Å². The third kappa shape index (κ3) is 5.83. The van der Waals surface area contributed by atoms with Crippen molar-refractivity contribution in [3.05, 3.63) is 34.9 Å². The van der Waals surface area contributed by atoms with Crippen LogP contribution in [0, 0.1) is 5.41 Å². The summed E-state index contributed by atoms with van der Waals surface area (Å²) in [6, 6.07) is 6.16. The van der Waals surface area contributed by atoms with Crippen LogP contribution >= 0.6 is 11.6 Å². The second kappa shape index (κ2) is 7.87. The van der Waals surface area contributed by atoms with E-state index in [1.54, 1.807) is 32.9 Å². The lowest BCUT2D eigenvalue weighted by Crippen LogP contribution is -2.30. The van der Waals surface area contributed by atoms with Crippen molar-refractivity contribution in [1.29, 1.82) is 0 Å². The first-order chi connectivity index (χ1) is 10.6. The molecule has 0 aliphatic heterocycles. The number of esters is 1. The Kier molecular flexibility index (Phi) is 6.45. The second-order valence-electron chi connectivity index (χ2n) is 5.85. The number of nitrogens with one attached hydrogen (secondary N) is 1. The lowest BCUT2D eigenvalue weighted by Gasteiger charge is -2.16. The maximum Gasteiger partial charge on any atom is 0.354 e. The first kappa shape index (κ1) is 18.8. The Morgan fingerprint density at radius 3 is 2.22 bits per heavy atom. The van der Waals surface area contributed by atoms with Gasteiger partial charge in [0.05, 0.1) is 13.5 Å². The lowest BCUT2D eigenvalue weighted by molar-refractivity contribution is -0.134. The first-order valence-electron chi connectivity index (χ1n) is 6.89. The Morgan fingerprint density at radius 1 is 1.17 bits per heavy atom. The number of halogens is 1. The number of amides is 1. The number of hydrogen-bond acceptors (Lipinski definition) is 5. The van der Waals surface area contributed by atoms with E-state index in [9.17, 15) is 14.4 Å². The van der Waals surface area contributed by atoms with Gasteiger partial charge >= 0.3 is 5.97 Å². The van der Waals surface area contributed by atoms with Gasteiger partial charge in [0.1, 0.15) is 5.78 Å². The topological polar surface area (TPSA) is 84.8 Å². The summed E-state index contributed by atoms with van der Waals surface area (Å²) in [4.78, 5) is 35.7. The molecule has 6 nitrogen and oxygen atoms in total. The van der Waals surface area contributed by atoms with Gasteiger partial charge in [0.15, 0.2) is 5.71 Å². The molecule has 1 aromatic carbocycles. The minimum absolute atomic E-state index is 0.158. The number of carbonyl (C=O) groups excluding carboxylic acids is 3. The summed E-state index contributed by atoms with van der Waals surface area (Å²) in [5.41, 5.74) is 1.78. The SMILES string of the molecule is COC(=O)/C(CC(=O)C(C)(C)C)=N/NC(=O)c1ccc(Cl)cc1. The molecule has 0 aromatic heterocycles. The lowest BCUT2D eigenvalue weighted by atomic mass is 9.88. The zero-order valence-corrected chi connectivity index (χ0v) is 14.2. The highest BCUT2D eigenvalue weighted by atomic mass is 35.5. The van der Waals surface area contributed by atoms with Gasteiger partial charge in [-0.05, 0) is 24.3 Å². The zero-order valence-electron chi connectivity index (χ0n) is 13.5. The van der Waals surface area contributed by atoms with Gasteiger partial charge in [0.2, 0.25) is 0 Å². The summed E-state index contributed by atoms with van der Waals surface area (Å²) < 4.78 is 4.59. The van der Waals surface area contributed by atoms with Gasteiger partial charge in [-0.25, -0.2) is 10.2 Å². The summed E-state index contributed by atoms with van der Waals surface area (Å²) in [6.07, 6.45) is -0.225. The summed E-state index contributed by atoms with van der Waals surface area (Å²) in [6.45, 7) is 5.20. The zero-order chi connectivity index (χ0) is 17.6. The molecule has 1 aromatic rings. The summed E-state index contributed by atoms with van der Waals surface area (Å²) in [5.74, 6) is -1.48. The fraction of sp³-hybridized carbons (Fsp3) is 0.375. The predicted octanol–water partition coefficient (Wildman–Crippen LogP) is 2.60. The molecule has 7 heteroatoms. The smallest absolute Gasteiger partial charge is 0.354 e. The normalized spacial score (nSPS) is 11.8. The molecule has 1 rings (SSSR count). The molecule has 0 saturated carbocycles. The summed E-state index contributed by atoms with van der Waals surface area (Å²) in [5, 5.41) is 4.23. The fourth-order valence-electron chi connectivity index (χ4n) is 1.48. The maximum absolute atomic E-state index is 12.0. The van der Waals surface area contributed by atoms with Gasteiger partial charge in [-0.15, -0.1) is 0 Å². The Balaban J connectivity index is 2.88. The van der Waals surface area contributed by atoms with Crippen molar-refractivity contribution < 1.29 is 19.1 Å². The highest BCUT2D eigenvalue weighted by Gasteiger charge is 2.26. The van der Waals surface area contributed by atoms with Crippen molar-refractivity contribution >= 4 is 35.0 Å². The molecule has 0 saturated heterocycles. The van der Waals surface area contributed by atoms with Crippen LogP contribution in [0.25, 0.3) is 0 Å². The van der Waals surface area contributed by atoms with Crippen LogP contribution in [-0.2, 0) is 14.3 Å². The second-order valence-corrected chi connectivity index (χ2v) is 6.28. The third-order valence-corrected chi connectivity index (χ3v) is 3.24. The number of hydrazone groups is 1. The van der Waals surface area contributed by atoms with Crippen LogP contribution in [-0.4, -0.2) is 30.5 Å². The largest absolute Gasteiger partial charge is 0.464 e. The van der Waals surface area contributed by atoms with Crippen LogP contribution in [0.3, 0.4) is 0 Å². The van der Waals surface area contributed by atoms with Gasteiger partial charge in [-0.2, -0.15) is 5.10 Å². The molecular formula is C16H19ClN2O4. The Hall–Kier alpha value is -2.21. The van der Waals surface area contributed by atoms with Crippen molar-refractivity contribution in [2.24, 2.45) is 10.5 Å². The van der Waals surface area contributed by atoms with Gasteiger partial charge in [0.25, 0.3) is 5.91 Å². The number of benzene rings is 1. The molecule has 23 heavy (non-hydrogen) atoms. The molecule has 0 aliphatic rings. The number of hydrogen-bond donors (Lipinski definition) is 1. The molecule has 0 spiro atoms. The van der Waals surface area contributed by atoms with E-state index in [-0.39, 0.29) is 17.9 Å². The molecule has 0 atom stereocenters. The molecule has 0 radical (unpaired) electrons. The predicted molar refractivity (Wildman–Crippen MR) is 87.4 cm³/mol. The van der Waals surface area contributed by atoms with E-state index < -0.39 is 17.3 Å². The quantitative estimate of drug-likeness (QED) is 0.508. The maximum atomic E-state index is 12.0. The van der Waals surface area contributed by atoms with Crippen LogP contribution in [0.1, 0.15) is 37.6 Å². The van der Waals surface area contributed by atoms with Gasteiger partial charge in [-0.3, -0.25) is 9.59 Å². The minimum Gasteiger partial charge on any atom is -0.464 e. The van der Waals surface area contributed by atoms with Gasteiger partial charge < -0.3 is 4.74 Å². The number of ketones is 1. The van der Waals surface area contributed by atoms with E-state index in [1.165, 1.54) is 19.2 Å². The first-order valence-corrected chi connectivity index (χ1v) is 7.27. The van der Waals surface area contributed by atoms with Crippen molar-refractivity contribution in [3.63, 3.8) is 0 Å². The van der Waals surface area contributed by atoms with E-state index in [4.69, 9.17) is 11.6 Å². The number of ether oxygens (including phenoxy) is 1. The molecule has 0 bridgehead atoms. The average molecular weight is 339 g/mol. The molecule has 1 amide bonds. The van der Waals surface area contributed by atoms with Crippen LogP contribution in [0.4, 0.5) is 0 Å². The van der Waals surface area contributed by atoms with Crippen molar-refractivity contribution in [2.75, 3.05) is 7.11 Å². The number of nitrogens with zero attached hydrogens (tertiary/aromatic N) is 1.